The Morgan fingerprint density at radius 3 is 2.62 bits per heavy atom. The van der Waals surface area contributed by atoms with Gasteiger partial charge in [-0.1, -0.05) is 24.9 Å². The summed E-state index contributed by atoms with van der Waals surface area (Å²) in [4.78, 5) is 16.3. The quantitative estimate of drug-likeness (QED) is 0.485. The first-order valence-electron chi connectivity index (χ1n) is 9.92. The van der Waals surface area contributed by atoms with Crippen molar-refractivity contribution in [3.8, 4) is 5.82 Å². The van der Waals surface area contributed by atoms with Crippen molar-refractivity contribution in [2.75, 3.05) is 5.32 Å². The Labute approximate surface area is 187 Å². The summed E-state index contributed by atoms with van der Waals surface area (Å²) in [6, 6.07) is 3.69. The lowest BCUT2D eigenvalue weighted by atomic mass is 10.2. The van der Waals surface area contributed by atoms with Crippen molar-refractivity contribution >= 4 is 29.4 Å². The number of nitrogens with zero attached hydrogens (tertiary/aromatic N) is 5. The van der Waals surface area contributed by atoms with Gasteiger partial charge in [0.1, 0.15) is 11.0 Å². The van der Waals surface area contributed by atoms with E-state index in [9.17, 15) is 18.0 Å². The molecule has 3 heterocycles. The number of hydrogen-bond donors (Lipinski definition) is 1. The Hall–Kier alpha value is -3.14. The van der Waals surface area contributed by atoms with Gasteiger partial charge in [-0.25, -0.2) is 4.98 Å². The molecule has 0 aliphatic heterocycles. The lowest BCUT2D eigenvalue weighted by Gasteiger charge is -2.09. The molecule has 32 heavy (non-hydrogen) atoms. The van der Waals surface area contributed by atoms with Gasteiger partial charge in [-0.15, -0.1) is 0 Å². The number of anilines is 1. The van der Waals surface area contributed by atoms with E-state index in [2.05, 4.69) is 27.4 Å². The van der Waals surface area contributed by atoms with Crippen molar-refractivity contribution in [1.29, 1.82) is 0 Å². The number of halogens is 4. The summed E-state index contributed by atoms with van der Waals surface area (Å²) in [5, 5.41) is 11.7. The van der Waals surface area contributed by atoms with Crippen LogP contribution in [0.5, 0.6) is 0 Å². The minimum Gasteiger partial charge on any atom is -0.307 e. The van der Waals surface area contributed by atoms with Crippen LogP contribution in [0.2, 0.25) is 5.15 Å². The van der Waals surface area contributed by atoms with Crippen LogP contribution in [0.15, 0.2) is 30.5 Å². The Bertz CT molecular complexity index is 1130. The zero-order valence-corrected chi connectivity index (χ0v) is 18.5. The van der Waals surface area contributed by atoms with Crippen molar-refractivity contribution in [3.05, 3.63) is 58.1 Å². The van der Waals surface area contributed by atoms with Crippen LogP contribution in [0.3, 0.4) is 0 Å². The molecule has 3 aromatic rings. The number of unbranched alkanes of at least 4 members (excludes halogenated alkanes) is 1. The SMILES string of the molecule is CCCCn1nc(C)c(C=CC(=O)Nc2cc(C)nn2-c2ccc(C(F)(F)F)cn2)c1Cl. The van der Waals surface area contributed by atoms with Gasteiger partial charge in [-0.2, -0.15) is 28.1 Å². The van der Waals surface area contributed by atoms with Crippen LogP contribution in [0.25, 0.3) is 11.9 Å². The maximum atomic E-state index is 12.8. The van der Waals surface area contributed by atoms with Gasteiger partial charge in [0.05, 0.1) is 17.0 Å². The lowest BCUT2D eigenvalue weighted by molar-refractivity contribution is -0.137. The monoisotopic (exact) mass is 466 g/mol. The van der Waals surface area contributed by atoms with Gasteiger partial charge < -0.3 is 5.32 Å². The molecule has 7 nitrogen and oxygen atoms in total. The molecule has 3 rings (SSSR count). The summed E-state index contributed by atoms with van der Waals surface area (Å²) in [7, 11) is 0. The Balaban J connectivity index is 1.78. The molecule has 1 N–H and O–H groups in total. The molecule has 3 aromatic heterocycles. The van der Waals surface area contributed by atoms with E-state index in [0.717, 1.165) is 25.1 Å². The summed E-state index contributed by atoms with van der Waals surface area (Å²) in [6.07, 6.45) is 1.06. The summed E-state index contributed by atoms with van der Waals surface area (Å²) in [5.41, 5.74) is 1.03. The number of carbonyl (C=O) groups is 1. The molecule has 0 unspecified atom stereocenters. The zero-order chi connectivity index (χ0) is 23.5. The van der Waals surface area contributed by atoms with Crippen molar-refractivity contribution in [2.45, 2.75) is 46.3 Å². The van der Waals surface area contributed by atoms with E-state index in [1.807, 2.05) is 0 Å². The van der Waals surface area contributed by atoms with Gasteiger partial charge >= 0.3 is 6.18 Å². The number of nitrogens with one attached hydrogen (secondary N) is 1. The normalized spacial score (nSPS) is 12.0. The summed E-state index contributed by atoms with van der Waals surface area (Å²) in [6.45, 7) is 6.26. The molecule has 11 heteroatoms. The maximum absolute atomic E-state index is 12.8. The van der Waals surface area contributed by atoms with Gasteiger partial charge in [0.25, 0.3) is 0 Å². The van der Waals surface area contributed by atoms with Crippen LogP contribution in [0, 0.1) is 13.8 Å². The highest BCUT2D eigenvalue weighted by Gasteiger charge is 2.30. The first kappa shape index (κ1) is 23.5. The third-order valence-electron chi connectivity index (χ3n) is 4.61. The molecule has 0 aliphatic rings. The van der Waals surface area contributed by atoms with Gasteiger partial charge in [0.2, 0.25) is 5.91 Å². The summed E-state index contributed by atoms with van der Waals surface area (Å²) in [5.74, 6) is -0.0535. The minimum atomic E-state index is -4.49. The number of rotatable bonds is 7. The average Bonchev–Trinajstić information content (AvgIpc) is 3.22. The first-order valence-corrected chi connectivity index (χ1v) is 10.3. The molecule has 0 saturated carbocycles. The number of amides is 1. The summed E-state index contributed by atoms with van der Waals surface area (Å²) < 4.78 is 41.3. The second-order valence-electron chi connectivity index (χ2n) is 7.17. The Morgan fingerprint density at radius 1 is 1.25 bits per heavy atom. The predicted octanol–water partition coefficient (Wildman–Crippen LogP) is 5.20. The van der Waals surface area contributed by atoms with E-state index in [0.29, 0.717) is 28.6 Å². The average molecular weight is 467 g/mol. The topological polar surface area (TPSA) is 77.6 Å². The van der Waals surface area contributed by atoms with Crippen molar-refractivity contribution in [1.82, 2.24) is 24.5 Å². The highest BCUT2D eigenvalue weighted by Crippen LogP contribution is 2.29. The van der Waals surface area contributed by atoms with Crippen LogP contribution in [-0.4, -0.2) is 30.5 Å². The molecular formula is C21H22ClF3N6O. The molecule has 0 fully saturated rings. The number of aromatic nitrogens is 5. The first-order chi connectivity index (χ1) is 15.1. The van der Waals surface area contributed by atoms with E-state index in [1.54, 1.807) is 30.7 Å². The fraction of sp³-hybridized carbons (Fsp3) is 0.333. The van der Waals surface area contributed by atoms with Crippen LogP contribution in [-0.2, 0) is 17.5 Å². The van der Waals surface area contributed by atoms with Crippen LogP contribution < -0.4 is 5.32 Å². The standard InChI is InChI=1S/C21H22ClF3N6O/c1-4-5-10-30-20(22)16(14(3)29-30)7-9-19(32)27-18-11-13(2)28-31(18)17-8-6-15(12-26-17)21(23,24)25/h6-9,11-12H,4-5,10H2,1-3H3,(H,27,32). The highest BCUT2D eigenvalue weighted by molar-refractivity contribution is 6.31. The summed E-state index contributed by atoms with van der Waals surface area (Å²) >= 11 is 6.38. The van der Waals surface area contributed by atoms with E-state index in [1.165, 1.54) is 16.8 Å². The predicted molar refractivity (Wildman–Crippen MR) is 116 cm³/mol. The van der Waals surface area contributed by atoms with E-state index < -0.39 is 17.6 Å². The number of alkyl halides is 3. The number of hydrogen-bond acceptors (Lipinski definition) is 4. The molecule has 0 radical (unpaired) electrons. The third-order valence-corrected chi connectivity index (χ3v) is 5.01. The molecule has 1 amide bonds. The molecule has 0 aromatic carbocycles. The molecule has 0 bridgehead atoms. The largest absolute Gasteiger partial charge is 0.417 e. The molecular weight excluding hydrogens is 445 g/mol. The molecule has 0 saturated heterocycles. The third kappa shape index (κ3) is 5.37. The van der Waals surface area contributed by atoms with Crippen LogP contribution in [0.1, 0.15) is 42.3 Å². The van der Waals surface area contributed by atoms with Crippen molar-refractivity contribution in [2.24, 2.45) is 0 Å². The van der Waals surface area contributed by atoms with E-state index >= 15 is 0 Å². The van der Waals surface area contributed by atoms with Crippen molar-refractivity contribution in [3.63, 3.8) is 0 Å². The van der Waals surface area contributed by atoms with Crippen LogP contribution >= 0.6 is 11.6 Å². The van der Waals surface area contributed by atoms with Gasteiger partial charge in [-0.05, 0) is 38.5 Å². The fourth-order valence-electron chi connectivity index (χ4n) is 2.98. The molecule has 0 spiro atoms. The minimum absolute atomic E-state index is 0.140. The van der Waals surface area contributed by atoms with Gasteiger partial charge in [0.15, 0.2) is 5.82 Å². The van der Waals surface area contributed by atoms with Gasteiger partial charge in [-0.3, -0.25) is 9.48 Å². The van der Waals surface area contributed by atoms with Gasteiger partial charge in [0, 0.05) is 30.4 Å². The smallest absolute Gasteiger partial charge is 0.307 e. The highest BCUT2D eigenvalue weighted by atomic mass is 35.5. The number of aryl methyl sites for hydroxylation is 3. The van der Waals surface area contributed by atoms with Crippen LogP contribution in [0.4, 0.5) is 19.0 Å². The van der Waals surface area contributed by atoms with Crippen molar-refractivity contribution < 1.29 is 18.0 Å². The lowest BCUT2D eigenvalue weighted by Crippen LogP contribution is -2.13. The molecule has 0 aliphatic carbocycles. The second kappa shape index (κ2) is 9.56. The molecule has 170 valence electrons. The Kier molecular flexibility index (Phi) is 7.02. The molecule has 0 atom stereocenters. The second-order valence-corrected chi connectivity index (χ2v) is 7.53. The fourth-order valence-corrected chi connectivity index (χ4v) is 3.30. The number of pyridine rings is 1. The Morgan fingerprint density at radius 2 is 2.00 bits per heavy atom. The maximum Gasteiger partial charge on any atom is 0.417 e. The van der Waals surface area contributed by atoms with E-state index in [4.69, 9.17) is 11.6 Å². The number of carbonyl (C=O) groups excluding carboxylic acids is 1. The van der Waals surface area contributed by atoms with E-state index in [-0.39, 0.29) is 11.6 Å². The zero-order valence-electron chi connectivity index (χ0n) is 17.7.